The lowest BCUT2D eigenvalue weighted by Crippen LogP contribution is -2.33. The fourth-order valence-electron chi connectivity index (χ4n) is 2.62. The highest BCUT2D eigenvalue weighted by atomic mass is 35.5. The summed E-state index contributed by atoms with van der Waals surface area (Å²) in [5.74, 6) is 1.17. The van der Waals surface area contributed by atoms with Gasteiger partial charge in [-0.3, -0.25) is 9.69 Å². The molecule has 2 rings (SSSR count). The highest BCUT2D eigenvalue weighted by molar-refractivity contribution is 6.30. The van der Waals surface area contributed by atoms with Crippen molar-refractivity contribution in [1.29, 1.82) is 0 Å². The molecule has 2 aromatic carbocycles. The number of hydrogen-bond acceptors (Lipinski definition) is 3. The zero-order valence-electron chi connectivity index (χ0n) is 15.7. The Morgan fingerprint density at radius 1 is 1.19 bits per heavy atom. The average molecular weight is 375 g/mol. The van der Waals surface area contributed by atoms with E-state index in [1.807, 2.05) is 42.3 Å². The Morgan fingerprint density at radius 2 is 1.88 bits per heavy atom. The van der Waals surface area contributed by atoms with Crippen molar-refractivity contribution in [3.63, 3.8) is 0 Å². The highest BCUT2D eigenvalue weighted by Gasteiger charge is 2.12. The molecule has 2 aromatic rings. The number of nitrogens with one attached hydrogen (secondary N) is 1. The van der Waals surface area contributed by atoms with Crippen LogP contribution >= 0.6 is 11.6 Å². The standard InChI is InChI=1S/C21H27ClN2O2/c1-4-16(2)19-7-5-6-8-20(19)23-21(25)15-24(3)13-14-26-18-11-9-17(22)10-12-18/h5-12,16H,4,13-15H2,1-3H3,(H,23,25)/t16-/m1/s1. The van der Waals surface area contributed by atoms with Crippen molar-refractivity contribution in [3.05, 3.63) is 59.1 Å². The van der Waals surface area contributed by atoms with Crippen molar-refractivity contribution >= 4 is 23.2 Å². The summed E-state index contributed by atoms with van der Waals surface area (Å²) >= 11 is 5.85. The SMILES string of the molecule is CC[C@@H](C)c1ccccc1NC(=O)CN(C)CCOc1ccc(Cl)cc1. The van der Waals surface area contributed by atoms with Gasteiger partial charge in [-0.25, -0.2) is 0 Å². The lowest BCUT2D eigenvalue weighted by atomic mass is 9.97. The van der Waals surface area contributed by atoms with E-state index in [-0.39, 0.29) is 5.91 Å². The van der Waals surface area contributed by atoms with Gasteiger partial charge in [-0.05, 0) is 55.3 Å². The van der Waals surface area contributed by atoms with Crippen LogP contribution in [0.1, 0.15) is 31.7 Å². The van der Waals surface area contributed by atoms with Crippen LogP contribution < -0.4 is 10.1 Å². The molecule has 1 N–H and O–H groups in total. The predicted molar refractivity (Wildman–Crippen MR) is 108 cm³/mol. The minimum Gasteiger partial charge on any atom is -0.492 e. The smallest absolute Gasteiger partial charge is 0.238 e. The van der Waals surface area contributed by atoms with E-state index in [2.05, 4.69) is 25.2 Å². The number of carbonyl (C=O) groups excluding carboxylic acids is 1. The Hall–Kier alpha value is -2.04. The number of rotatable bonds is 9. The summed E-state index contributed by atoms with van der Waals surface area (Å²) in [5.41, 5.74) is 2.08. The second-order valence-electron chi connectivity index (χ2n) is 6.48. The molecular formula is C21H27ClN2O2. The number of ether oxygens (including phenoxy) is 1. The molecule has 0 aliphatic carbocycles. The highest BCUT2D eigenvalue weighted by Crippen LogP contribution is 2.26. The number of carbonyl (C=O) groups is 1. The van der Waals surface area contributed by atoms with Gasteiger partial charge in [0.1, 0.15) is 12.4 Å². The molecule has 26 heavy (non-hydrogen) atoms. The first-order valence-corrected chi connectivity index (χ1v) is 9.33. The summed E-state index contributed by atoms with van der Waals surface area (Å²) in [7, 11) is 1.91. The molecule has 1 amide bonds. The summed E-state index contributed by atoms with van der Waals surface area (Å²) in [6, 6.07) is 15.3. The van der Waals surface area contributed by atoms with Crippen molar-refractivity contribution < 1.29 is 9.53 Å². The fraction of sp³-hybridized carbons (Fsp3) is 0.381. The largest absolute Gasteiger partial charge is 0.492 e. The first-order valence-electron chi connectivity index (χ1n) is 8.95. The van der Waals surface area contributed by atoms with E-state index in [9.17, 15) is 4.79 Å². The van der Waals surface area contributed by atoms with Crippen LogP contribution in [0.25, 0.3) is 0 Å². The van der Waals surface area contributed by atoms with Crippen molar-refractivity contribution in [1.82, 2.24) is 4.90 Å². The molecule has 5 heteroatoms. The van der Waals surface area contributed by atoms with Gasteiger partial charge in [0.25, 0.3) is 0 Å². The first kappa shape index (κ1) is 20.3. The molecule has 0 aliphatic rings. The van der Waals surface area contributed by atoms with E-state index in [4.69, 9.17) is 16.3 Å². The van der Waals surface area contributed by atoms with Gasteiger partial charge in [0.15, 0.2) is 0 Å². The van der Waals surface area contributed by atoms with Gasteiger partial charge < -0.3 is 10.1 Å². The van der Waals surface area contributed by atoms with Crippen LogP contribution in [0.5, 0.6) is 5.75 Å². The van der Waals surface area contributed by atoms with Gasteiger partial charge in [0.2, 0.25) is 5.91 Å². The quantitative estimate of drug-likeness (QED) is 0.685. The zero-order valence-corrected chi connectivity index (χ0v) is 16.4. The van der Waals surface area contributed by atoms with Gasteiger partial charge in [-0.1, -0.05) is 43.6 Å². The minimum atomic E-state index is -0.0188. The first-order chi connectivity index (χ1) is 12.5. The maximum absolute atomic E-state index is 12.3. The van der Waals surface area contributed by atoms with E-state index >= 15 is 0 Å². The van der Waals surface area contributed by atoms with Crippen molar-refractivity contribution in [3.8, 4) is 5.75 Å². The lowest BCUT2D eigenvalue weighted by Gasteiger charge is -2.19. The molecule has 0 fully saturated rings. The van der Waals surface area contributed by atoms with Crippen LogP contribution in [-0.4, -0.2) is 37.6 Å². The third-order valence-corrected chi connectivity index (χ3v) is 4.60. The summed E-state index contributed by atoms with van der Waals surface area (Å²) in [4.78, 5) is 14.3. The Bertz CT molecular complexity index is 703. The van der Waals surface area contributed by atoms with Crippen LogP contribution in [0.4, 0.5) is 5.69 Å². The second-order valence-corrected chi connectivity index (χ2v) is 6.92. The molecule has 4 nitrogen and oxygen atoms in total. The monoisotopic (exact) mass is 374 g/mol. The predicted octanol–water partition coefficient (Wildman–Crippen LogP) is 4.80. The molecule has 0 heterocycles. The number of para-hydroxylation sites is 1. The minimum absolute atomic E-state index is 0.0188. The number of nitrogens with zero attached hydrogens (tertiary/aromatic N) is 1. The normalized spacial score (nSPS) is 12.0. The van der Waals surface area contributed by atoms with Gasteiger partial charge in [-0.15, -0.1) is 0 Å². The molecule has 0 aromatic heterocycles. The maximum atomic E-state index is 12.3. The van der Waals surface area contributed by atoms with Gasteiger partial charge in [0, 0.05) is 17.3 Å². The Balaban J connectivity index is 1.79. The topological polar surface area (TPSA) is 41.6 Å². The molecular weight excluding hydrogens is 348 g/mol. The molecule has 0 bridgehead atoms. The van der Waals surface area contributed by atoms with Gasteiger partial charge >= 0.3 is 0 Å². The third kappa shape index (κ3) is 6.36. The van der Waals surface area contributed by atoms with Crippen LogP contribution in [0, 0.1) is 0 Å². The molecule has 0 saturated carbocycles. The van der Waals surface area contributed by atoms with Crippen LogP contribution in [0.2, 0.25) is 5.02 Å². The number of benzene rings is 2. The van der Waals surface area contributed by atoms with Crippen molar-refractivity contribution in [2.75, 3.05) is 32.1 Å². The van der Waals surface area contributed by atoms with Gasteiger partial charge in [-0.2, -0.15) is 0 Å². The lowest BCUT2D eigenvalue weighted by molar-refractivity contribution is -0.117. The van der Waals surface area contributed by atoms with E-state index in [1.54, 1.807) is 12.1 Å². The van der Waals surface area contributed by atoms with Crippen LogP contribution in [0.3, 0.4) is 0 Å². The van der Waals surface area contributed by atoms with Crippen molar-refractivity contribution in [2.24, 2.45) is 0 Å². The van der Waals surface area contributed by atoms with E-state index in [1.165, 1.54) is 5.56 Å². The number of halogens is 1. The summed E-state index contributed by atoms with van der Waals surface area (Å²) < 4.78 is 5.66. The summed E-state index contributed by atoms with van der Waals surface area (Å²) in [6.45, 7) is 5.81. The van der Waals surface area contributed by atoms with E-state index in [0.29, 0.717) is 30.6 Å². The molecule has 140 valence electrons. The van der Waals surface area contributed by atoms with Crippen molar-refractivity contribution in [2.45, 2.75) is 26.2 Å². The van der Waals surface area contributed by atoms with Crippen LogP contribution in [0.15, 0.2) is 48.5 Å². The van der Waals surface area contributed by atoms with Gasteiger partial charge in [0.05, 0.1) is 6.54 Å². The summed E-state index contributed by atoms with van der Waals surface area (Å²) in [6.07, 6.45) is 1.04. The Labute approximate surface area is 161 Å². The molecule has 0 saturated heterocycles. The third-order valence-electron chi connectivity index (χ3n) is 4.35. The number of amides is 1. The molecule has 0 aliphatic heterocycles. The molecule has 0 radical (unpaired) electrons. The number of likely N-dealkylation sites (N-methyl/N-ethyl adjacent to an activating group) is 1. The second kappa shape index (κ2) is 10.2. The van der Waals surface area contributed by atoms with Crippen LogP contribution in [-0.2, 0) is 4.79 Å². The summed E-state index contributed by atoms with van der Waals surface area (Å²) in [5, 5.41) is 3.72. The van der Waals surface area contributed by atoms with E-state index < -0.39 is 0 Å². The zero-order chi connectivity index (χ0) is 18.9. The molecule has 0 spiro atoms. The van der Waals surface area contributed by atoms with E-state index in [0.717, 1.165) is 17.9 Å². The Kier molecular flexibility index (Phi) is 7.95. The average Bonchev–Trinajstić information content (AvgIpc) is 2.63. The Morgan fingerprint density at radius 3 is 2.58 bits per heavy atom. The fourth-order valence-corrected chi connectivity index (χ4v) is 2.75. The molecule has 1 atom stereocenters. The maximum Gasteiger partial charge on any atom is 0.238 e. The molecule has 0 unspecified atom stereocenters. The number of anilines is 1. The number of hydrogen-bond donors (Lipinski definition) is 1.